The van der Waals surface area contributed by atoms with Gasteiger partial charge in [-0.25, -0.2) is 28.2 Å². The Morgan fingerprint density at radius 1 is 1.27 bits per heavy atom. The molecular formula is C20H20ClFN4O6S. The highest BCUT2D eigenvalue weighted by Crippen LogP contribution is 2.35. The minimum Gasteiger partial charge on any atom is -0.391 e. The third-order valence-corrected chi connectivity index (χ3v) is 7.00. The van der Waals surface area contributed by atoms with Crippen molar-refractivity contribution < 1.29 is 27.2 Å². The summed E-state index contributed by atoms with van der Waals surface area (Å²) in [6, 6.07) is 4.85. The van der Waals surface area contributed by atoms with Crippen molar-refractivity contribution in [1.82, 2.24) is 20.4 Å². The van der Waals surface area contributed by atoms with Crippen molar-refractivity contribution in [2.24, 2.45) is 0 Å². The van der Waals surface area contributed by atoms with Crippen molar-refractivity contribution in [3.63, 3.8) is 0 Å². The lowest BCUT2D eigenvalue weighted by atomic mass is 9.88. The molecule has 3 aromatic rings. The first-order valence-electron chi connectivity index (χ1n) is 9.53. The van der Waals surface area contributed by atoms with E-state index in [1.54, 1.807) is 19.9 Å². The van der Waals surface area contributed by atoms with Crippen LogP contribution >= 0.6 is 11.6 Å². The molecule has 0 aliphatic rings. The van der Waals surface area contributed by atoms with Crippen molar-refractivity contribution >= 4 is 27.5 Å². The van der Waals surface area contributed by atoms with Crippen LogP contribution in [-0.2, 0) is 10.0 Å². The van der Waals surface area contributed by atoms with Crippen molar-refractivity contribution in [2.45, 2.75) is 37.6 Å². The molecule has 0 saturated heterocycles. The summed E-state index contributed by atoms with van der Waals surface area (Å²) in [5, 5.41) is 14.8. The van der Waals surface area contributed by atoms with E-state index in [-0.39, 0.29) is 16.5 Å². The predicted octanol–water partition coefficient (Wildman–Crippen LogP) is 2.71. The number of hydroxylamine groups is 1. The van der Waals surface area contributed by atoms with Gasteiger partial charge in [0, 0.05) is 10.9 Å². The lowest BCUT2D eigenvalue weighted by Crippen LogP contribution is -2.34. The number of nitrogens with one attached hydrogen (secondary N) is 3. The van der Waals surface area contributed by atoms with Crippen molar-refractivity contribution in [2.75, 3.05) is 0 Å². The normalized spacial score (nSPS) is 13.5. The number of hydrogen-bond donors (Lipinski definition) is 4. The van der Waals surface area contributed by atoms with E-state index in [1.165, 1.54) is 24.5 Å². The number of hydrogen-bond acceptors (Lipinski definition) is 7. The van der Waals surface area contributed by atoms with Crippen LogP contribution in [-0.4, -0.2) is 29.7 Å². The van der Waals surface area contributed by atoms with Gasteiger partial charge in [0.2, 0.25) is 15.9 Å². The molecule has 0 fully saturated rings. The molecule has 0 radical (unpaired) electrons. The van der Waals surface area contributed by atoms with Crippen molar-refractivity contribution in [3.05, 3.63) is 79.9 Å². The van der Waals surface area contributed by atoms with E-state index in [0.29, 0.717) is 5.56 Å². The van der Waals surface area contributed by atoms with Crippen LogP contribution in [0.15, 0.2) is 44.4 Å². The molecule has 0 aliphatic heterocycles. The number of nitrogens with zero attached hydrogens (tertiary/aromatic N) is 1. The molecule has 33 heavy (non-hydrogen) atoms. The van der Waals surface area contributed by atoms with Crippen LogP contribution in [0.25, 0.3) is 0 Å². The third kappa shape index (κ3) is 4.98. The van der Waals surface area contributed by atoms with Gasteiger partial charge in [0.1, 0.15) is 11.9 Å². The first kappa shape index (κ1) is 24.6. The van der Waals surface area contributed by atoms with E-state index in [0.717, 1.165) is 17.7 Å². The van der Waals surface area contributed by atoms with Gasteiger partial charge in [0.05, 0.1) is 10.5 Å². The minimum absolute atomic E-state index is 0.0493. The summed E-state index contributed by atoms with van der Waals surface area (Å²) in [4.78, 5) is 23.1. The van der Waals surface area contributed by atoms with Gasteiger partial charge in [-0.1, -0.05) is 24.6 Å². The largest absolute Gasteiger partial charge is 0.434 e. The summed E-state index contributed by atoms with van der Waals surface area (Å²) in [5.41, 5.74) is 2.46. The van der Waals surface area contributed by atoms with Crippen LogP contribution in [0, 0.1) is 19.7 Å². The second kappa shape index (κ2) is 9.43. The predicted molar refractivity (Wildman–Crippen MR) is 115 cm³/mol. The van der Waals surface area contributed by atoms with Gasteiger partial charge in [-0.15, -0.1) is 5.10 Å². The Hall–Kier alpha value is -3.06. The van der Waals surface area contributed by atoms with Crippen molar-refractivity contribution in [1.29, 1.82) is 0 Å². The summed E-state index contributed by atoms with van der Waals surface area (Å²) in [6.07, 6.45) is 0. The van der Waals surface area contributed by atoms with E-state index in [2.05, 4.69) is 14.9 Å². The number of carbonyl (C=O) groups excluding carboxylic acids is 1. The highest BCUT2D eigenvalue weighted by atomic mass is 35.5. The topological polar surface area (TPSA) is 154 Å². The molecular weight excluding hydrogens is 479 g/mol. The molecule has 3 rings (SSSR count). The molecule has 1 aromatic heterocycles. The van der Waals surface area contributed by atoms with Gasteiger partial charge < -0.3 is 4.42 Å². The maximum absolute atomic E-state index is 14.8. The molecule has 0 spiro atoms. The molecule has 0 bridgehead atoms. The molecule has 10 nitrogen and oxygen atoms in total. The fourth-order valence-corrected chi connectivity index (χ4v) is 5.10. The van der Waals surface area contributed by atoms with Gasteiger partial charge in [-0.05, 0) is 54.8 Å². The lowest BCUT2D eigenvalue weighted by Gasteiger charge is -2.25. The van der Waals surface area contributed by atoms with Crippen LogP contribution in [0.2, 0.25) is 5.02 Å². The van der Waals surface area contributed by atoms with Crippen LogP contribution < -0.4 is 16.0 Å². The smallest absolute Gasteiger partial charge is 0.391 e. The van der Waals surface area contributed by atoms with Gasteiger partial charge in [0.15, 0.2) is 0 Å². The highest BCUT2D eigenvalue weighted by molar-refractivity contribution is 7.89. The third-order valence-electron chi connectivity index (χ3n) is 5.27. The van der Waals surface area contributed by atoms with E-state index in [4.69, 9.17) is 21.2 Å². The highest BCUT2D eigenvalue weighted by Gasteiger charge is 2.34. The summed E-state index contributed by atoms with van der Waals surface area (Å²) in [7, 11) is -4.51. The Morgan fingerprint density at radius 2 is 1.97 bits per heavy atom. The average molecular weight is 499 g/mol. The zero-order valence-electron chi connectivity index (χ0n) is 17.6. The maximum Gasteiger partial charge on any atom is 0.434 e. The summed E-state index contributed by atoms with van der Waals surface area (Å²) in [6.45, 7) is 4.99. The van der Waals surface area contributed by atoms with E-state index in [1.807, 2.05) is 0 Å². The number of aromatic nitrogens is 2. The zero-order chi connectivity index (χ0) is 24.5. The number of sulfonamides is 1. The molecule has 2 aromatic carbocycles. The fourth-order valence-electron chi connectivity index (χ4n) is 3.48. The first-order chi connectivity index (χ1) is 15.5. The summed E-state index contributed by atoms with van der Waals surface area (Å²) in [5.74, 6) is -3.87. The second-order valence-electron chi connectivity index (χ2n) is 7.32. The number of aryl methyl sites for hydroxylation is 1. The van der Waals surface area contributed by atoms with Gasteiger partial charge in [-0.3, -0.25) is 10.0 Å². The van der Waals surface area contributed by atoms with Gasteiger partial charge in [-0.2, -0.15) is 4.72 Å². The maximum atomic E-state index is 14.8. The molecule has 1 amide bonds. The Balaban J connectivity index is 2.14. The SMILES string of the molecule is Cc1ccc(F)c(C(C)C(NS(=O)(=O)c2ccc(Cl)cc2C(=O)NO)c2n[nH]c(=O)o2)c1C. The Morgan fingerprint density at radius 3 is 2.58 bits per heavy atom. The van der Waals surface area contributed by atoms with Crippen LogP contribution in [0.5, 0.6) is 0 Å². The van der Waals surface area contributed by atoms with Crippen LogP contribution in [0.1, 0.15) is 51.8 Å². The molecule has 2 unspecified atom stereocenters. The fraction of sp³-hybridized carbons (Fsp3) is 0.250. The number of aromatic amines is 1. The monoisotopic (exact) mass is 498 g/mol. The van der Waals surface area contributed by atoms with E-state index >= 15 is 0 Å². The van der Waals surface area contributed by atoms with Crippen LogP contribution in [0.3, 0.4) is 0 Å². The first-order valence-corrected chi connectivity index (χ1v) is 11.4. The number of carbonyl (C=O) groups is 1. The van der Waals surface area contributed by atoms with Gasteiger partial charge >= 0.3 is 5.76 Å². The standard InChI is InChI=1S/C20H20ClFN4O6S/c1-9-4-6-14(22)16(10(9)2)11(3)17(19-23-24-20(28)32-19)26-33(30,31)15-7-5-12(21)8-13(15)18(27)25-29/h4-8,11,17,26,29H,1-3H3,(H,24,28)(H,25,27). The van der Waals surface area contributed by atoms with Crippen molar-refractivity contribution in [3.8, 4) is 0 Å². The number of benzene rings is 2. The number of rotatable bonds is 7. The number of amides is 1. The number of H-pyrrole nitrogens is 1. The average Bonchev–Trinajstić information content (AvgIpc) is 3.20. The molecule has 0 saturated carbocycles. The lowest BCUT2D eigenvalue weighted by molar-refractivity contribution is 0.0702. The minimum atomic E-state index is -4.51. The van der Waals surface area contributed by atoms with E-state index in [9.17, 15) is 22.4 Å². The van der Waals surface area contributed by atoms with Crippen LogP contribution in [0.4, 0.5) is 4.39 Å². The zero-order valence-corrected chi connectivity index (χ0v) is 19.2. The number of halogens is 2. The molecule has 13 heteroatoms. The summed E-state index contributed by atoms with van der Waals surface area (Å²) < 4.78 is 48.7. The Kier molecular flexibility index (Phi) is 7.03. The van der Waals surface area contributed by atoms with E-state index < -0.39 is 49.9 Å². The quantitative estimate of drug-likeness (QED) is 0.288. The summed E-state index contributed by atoms with van der Waals surface area (Å²) >= 11 is 5.87. The molecule has 0 aliphatic carbocycles. The molecule has 2 atom stereocenters. The Bertz CT molecular complexity index is 1370. The molecule has 4 N–H and O–H groups in total. The van der Waals surface area contributed by atoms with Gasteiger partial charge in [0.25, 0.3) is 5.91 Å². The molecule has 1 heterocycles. The second-order valence-corrected chi connectivity index (χ2v) is 9.44. The molecule has 176 valence electrons. The Labute approximate surface area is 192 Å².